The lowest BCUT2D eigenvalue weighted by atomic mass is 9.84. The van der Waals surface area contributed by atoms with Crippen molar-refractivity contribution in [1.82, 2.24) is 9.88 Å². The average molecular weight is 354 g/mol. The summed E-state index contributed by atoms with van der Waals surface area (Å²) >= 11 is 0. The van der Waals surface area contributed by atoms with Crippen LogP contribution in [0.1, 0.15) is 37.7 Å². The van der Waals surface area contributed by atoms with Crippen LogP contribution in [0.25, 0.3) is 10.9 Å². The molecule has 0 bridgehead atoms. The summed E-state index contributed by atoms with van der Waals surface area (Å²) in [7, 11) is 0. The van der Waals surface area contributed by atoms with Crippen LogP contribution in [0.3, 0.4) is 0 Å². The highest BCUT2D eigenvalue weighted by Gasteiger charge is 2.47. The maximum absolute atomic E-state index is 13.0. The zero-order valence-electron chi connectivity index (χ0n) is 14.5. The van der Waals surface area contributed by atoms with E-state index in [1.54, 1.807) is 11.0 Å². The molecule has 6 heteroatoms. The molecule has 1 aliphatic carbocycles. The minimum atomic E-state index is -0.944. The number of aliphatic carboxylic acids is 1. The smallest absolute Gasteiger partial charge is 0.326 e. The van der Waals surface area contributed by atoms with Crippen LogP contribution in [0.5, 0.6) is 0 Å². The van der Waals surface area contributed by atoms with E-state index in [1.165, 1.54) is 0 Å². The van der Waals surface area contributed by atoms with E-state index < -0.39 is 12.0 Å². The molecule has 2 aromatic rings. The fourth-order valence-corrected chi connectivity index (χ4v) is 4.62. The lowest BCUT2D eigenvalue weighted by molar-refractivity contribution is -0.149. The van der Waals surface area contributed by atoms with E-state index in [4.69, 9.17) is 0 Å². The number of pyridine rings is 1. The minimum absolute atomic E-state index is 0.00288. The van der Waals surface area contributed by atoms with Gasteiger partial charge in [0.2, 0.25) is 5.91 Å². The van der Waals surface area contributed by atoms with Gasteiger partial charge in [-0.2, -0.15) is 0 Å². The van der Waals surface area contributed by atoms with Crippen LogP contribution in [0.15, 0.2) is 35.1 Å². The molecular formula is C20H22N2O4. The molecule has 1 aromatic carbocycles. The molecule has 2 heterocycles. The van der Waals surface area contributed by atoms with Crippen LogP contribution in [-0.2, 0) is 16.0 Å². The molecule has 4 rings (SSSR count). The van der Waals surface area contributed by atoms with Gasteiger partial charge in [-0.25, -0.2) is 4.79 Å². The van der Waals surface area contributed by atoms with Gasteiger partial charge in [-0.1, -0.05) is 31.0 Å². The number of hydrogen-bond acceptors (Lipinski definition) is 3. The zero-order valence-corrected chi connectivity index (χ0v) is 14.5. The summed E-state index contributed by atoms with van der Waals surface area (Å²) in [6.45, 7) is 0. The number of amides is 1. The first-order valence-corrected chi connectivity index (χ1v) is 9.19. The number of likely N-dealkylation sites (tertiary alicyclic amines) is 1. The summed E-state index contributed by atoms with van der Waals surface area (Å²) in [5.74, 6) is -0.934. The van der Waals surface area contributed by atoms with Gasteiger partial charge in [0.05, 0.1) is 6.42 Å². The molecule has 26 heavy (non-hydrogen) atoms. The maximum Gasteiger partial charge on any atom is 0.326 e. The summed E-state index contributed by atoms with van der Waals surface area (Å²) in [6, 6.07) is 8.37. The van der Waals surface area contributed by atoms with Crippen molar-refractivity contribution in [3.05, 3.63) is 46.2 Å². The molecule has 1 aliphatic heterocycles. The van der Waals surface area contributed by atoms with Gasteiger partial charge in [-0.15, -0.1) is 0 Å². The first-order valence-electron chi connectivity index (χ1n) is 9.19. The number of para-hydroxylation sites is 1. The maximum atomic E-state index is 13.0. The number of benzene rings is 1. The average Bonchev–Trinajstić information content (AvgIpc) is 3.02. The van der Waals surface area contributed by atoms with E-state index in [0.717, 1.165) is 36.6 Å². The van der Waals surface area contributed by atoms with Crippen molar-refractivity contribution < 1.29 is 14.7 Å². The third-order valence-electron chi connectivity index (χ3n) is 5.83. The summed E-state index contributed by atoms with van der Waals surface area (Å²) in [6.07, 6.45) is 4.42. The number of hydrogen-bond donors (Lipinski definition) is 2. The molecule has 1 aromatic heterocycles. The van der Waals surface area contributed by atoms with E-state index in [1.807, 2.05) is 24.3 Å². The Morgan fingerprint density at radius 3 is 2.77 bits per heavy atom. The van der Waals surface area contributed by atoms with E-state index in [0.29, 0.717) is 12.0 Å². The number of nitrogens with one attached hydrogen (secondary N) is 1. The number of aromatic amines is 1. The molecule has 1 saturated carbocycles. The molecule has 2 N–H and O–H groups in total. The van der Waals surface area contributed by atoms with Gasteiger partial charge < -0.3 is 15.0 Å². The Kier molecular flexibility index (Phi) is 4.26. The fraction of sp³-hybridized carbons (Fsp3) is 0.450. The summed E-state index contributed by atoms with van der Waals surface area (Å²) < 4.78 is 0. The highest BCUT2D eigenvalue weighted by Crippen LogP contribution is 2.40. The standard InChI is InChI=1S/C20H22N2O4/c23-18(11-14-9-12-5-1-3-7-15(12)21-19(14)24)22-16-8-4-2-6-13(16)10-17(22)20(25)26/h1,3,5,7,9,13,16-17H,2,4,6,8,10-11H2,(H,21,24)(H,25,26)/t13-,16+,17+/m1/s1. The van der Waals surface area contributed by atoms with Crippen molar-refractivity contribution in [2.45, 2.75) is 50.6 Å². The largest absolute Gasteiger partial charge is 0.480 e. The number of carboxylic acids is 1. The predicted molar refractivity (Wildman–Crippen MR) is 96.9 cm³/mol. The second-order valence-electron chi connectivity index (χ2n) is 7.39. The number of rotatable bonds is 3. The quantitative estimate of drug-likeness (QED) is 0.885. The lowest BCUT2D eigenvalue weighted by Crippen LogP contribution is -2.47. The van der Waals surface area contributed by atoms with Crippen molar-refractivity contribution in [3.63, 3.8) is 0 Å². The van der Waals surface area contributed by atoms with E-state index in [2.05, 4.69) is 4.98 Å². The van der Waals surface area contributed by atoms with Crippen molar-refractivity contribution in [3.8, 4) is 0 Å². The van der Waals surface area contributed by atoms with Gasteiger partial charge in [0.25, 0.3) is 5.56 Å². The first kappa shape index (κ1) is 16.8. The lowest BCUT2D eigenvalue weighted by Gasteiger charge is -2.33. The second-order valence-corrected chi connectivity index (χ2v) is 7.39. The number of H-pyrrole nitrogens is 1. The van der Waals surface area contributed by atoms with Gasteiger partial charge in [0.15, 0.2) is 0 Å². The molecule has 0 spiro atoms. The number of carbonyl (C=O) groups is 2. The van der Waals surface area contributed by atoms with Gasteiger partial charge in [-0.05, 0) is 42.7 Å². The van der Waals surface area contributed by atoms with Gasteiger partial charge >= 0.3 is 5.97 Å². The van der Waals surface area contributed by atoms with Crippen molar-refractivity contribution in [2.24, 2.45) is 5.92 Å². The van der Waals surface area contributed by atoms with Crippen LogP contribution < -0.4 is 5.56 Å². The van der Waals surface area contributed by atoms with E-state index >= 15 is 0 Å². The van der Waals surface area contributed by atoms with E-state index in [-0.39, 0.29) is 29.8 Å². The molecule has 2 aliphatic rings. The zero-order chi connectivity index (χ0) is 18.3. The monoisotopic (exact) mass is 354 g/mol. The molecule has 0 unspecified atom stereocenters. The van der Waals surface area contributed by atoms with Gasteiger partial charge in [-0.3, -0.25) is 9.59 Å². The number of nitrogens with zero attached hydrogens (tertiary/aromatic N) is 1. The topological polar surface area (TPSA) is 90.5 Å². The Morgan fingerprint density at radius 1 is 1.19 bits per heavy atom. The number of aromatic nitrogens is 1. The van der Waals surface area contributed by atoms with Crippen LogP contribution >= 0.6 is 0 Å². The Morgan fingerprint density at radius 2 is 1.96 bits per heavy atom. The Balaban J connectivity index is 1.63. The number of carboxylic acid groups (broad SMARTS) is 1. The third-order valence-corrected chi connectivity index (χ3v) is 5.83. The van der Waals surface area contributed by atoms with Crippen molar-refractivity contribution in [2.75, 3.05) is 0 Å². The second kappa shape index (κ2) is 6.59. The molecule has 2 fully saturated rings. The number of carbonyl (C=O) groups excluding carboxylic acids is 1. The van der Waals surface area contributed by atoms with Crippen molar-refractivity contribution >= 4 is 22.8 Å². The predicted octanol–water partition coefficient (Wildman–Crippen LogP) is 2.31. The Labute approximate surface area is 150 Å². The van der Waals surface area contributed by atoms with Crippen LogP contribution in [0.2, 0.25) is 0 Å². The molecular weight excluding hydrogens is 332 g/mol. The Bertz CT molecular complexity index is 919. The highest BCUT2D eigenvalue weighted by molar-refractivity contribution is 5.87. The third kappa shape index (κ3) is 2.89. The Hall–Kier alpha value is -2.63. The molecule has 136 valence electrons. The summed E-state index contributed by atoms with van der Waals surface area (Å²) in [5, 5.41) is 10.4. The first-order chi connectivity index (χ1) is 12.5. The van der Waals surface area contributed by atoms with E-state index in [9.17, 15) is 19.5 Å². The summed E-state index contributed by atoms with van der Waals surface area (Å²) in [5.41, 5.74) is 0.825. The van der Waals surface area contributed by atoms with Crippen molar-refractivity contribution in [1.29, 1.82) is 0 Å². The molecule has 6 nitrogen and oxygen atoms in total. The fourth-order valence-electron chi connectivity index (χ4n) is 4.62. The van der Waals surface area contributed by atoms with Crippen LogP contribution in [0.4, 0.5) is 0 Å². The summed E-state index contributed by atoms with van der Waals surface area (Å²) in [4.78, 5) is 41.4. The van der Waals surface area contributed by atoms with Crippen LogP contribution in [0, 0.1) is 5.92 Å². The minimum Gasteiger partial charge on any atom is -0.480 e. The normalized spacial score (nSPS) is 25.2. The molecule has 0 radical (unpaired) electrons. The van der Waals surface area contributed by atoms with Gasteiger partial charge in [0.1, 0.15) is 6.04 Å². The van der Waals surface area contributed by atoms with Gasteiger partial charge in [0, 0.05) is 17.1 Å². The van der Waals surface area contributed by atoms with Crippen LogP contribution in [-0.4, -0.2) is 39.0 Å². The highest BCUT2D eigenvalue weighted by atomic mass is 16.4. The molecule has 1 saturated heterocycles. The molecule has 3 atom stereocenters. The molecule has 1 amide bonds. The SMILES string of the molecule is O=C(O)[C@@H]1C[C@H]2CCCC[C@@H]2N1C(=O)Cc1cc2ccccc2[nH]c1=O. The number of fused-ring (bicyclic) bond motifs is 2.